The maximum absolute atomic E-state index is 13.8. The van der Waals surface area contributed by atoms with Gasteiger partial charge < -0.3 is 20.6 Å². The van der Waals surface area contributed by atoms with Crippen LogP contribution in [0.3, 0.4) is 0 Å². The first-order chi connectivity index (χ1) is 17.6. The highest BCUT2D eigenvalue weighted by Crippen LogP contribution is 2.27. The van der Waals surface area contributed by atoms with E-state index in [9.17, 15) is 19.5 Å². The molecule has 3 aromatic rings. The zero-order valence-corrected chi connectivity index (χ0v) is 22.1. The summed E-state index contributed by atoms with van der Waals surface area (Å²) in [7, 11) is 1.54. The molecule has 37 heavy (non-hydrogen) atoms. The molecule has 1 aliphatic heterocycles. The number of amides is 2. The lowest BCUT2D eigenvalue weighted by atomic mass is 9.98. The van der Waals surface area contributed by atoms with E-state index >= 15 is 0 Å². The quantitative estimate of drug-likeness (QED) is 0.439. The maximum Gasteiger partial charge on any atom is 0.263 e. The number of halogens is 2. The van der Waals surface area contributed by atoms with E-state index in [2.05, 4.69) is 10.6 Å². The molecular weight excluding hydrogens is 517 g/mol. The number of carbonyl (C=O) groups excluding carboxylic acids is 2. The number of anilines is 1. The van der Waals surface area contributed by atoms with Crippen LogP contribution in [0.2, 0.25) is 10.0 Å². The molecule has 194 valence electrons. The minimum Gasteiger partial charge on any atom is -0.394 e. The second-order valence-corrected chi connectivity index (χ2v) is 9.78. The predicted molar refractivity (Wildman–Crippen MR) is 143 cm³/mol. The lowest BCUT2D eigenvalue weighted by molar-refractivity contribution is 0.0653. The van der Waals surface area contributed by atoms with Crippen molar-refractivity contribution in [3.8, 4) is 5.69 Å². The van der Waals surface area contributed by atoms with Gasteiger partial charge in [0.15, 0.2) is 0 Å². The standard InChI is InChI=1S/C26H27Cl2N5O4/c1-14(13-34)30-26-31-22-12-32(24(36)17-6-9-20(27)21(28)11-17)15(2)10-19(22)25(37)33(26)18-7-4-16(5-8-18)23(35)29-3/h4-9,11,14-15,34H,10,12-13H2,1-3H3,(H,29,35)(H,30,31)/t14-,15+/m0/s1. The zero-order valence-electron chi connectivity index (χ0n) is 20.6. The topological polar surface area (TPSA) is 117 Å². The molecule has 0 spiro atoms. The molecule has 0 radical (unpaired) electrons. The van der Waals surface area contributed by atoms with E-state index in [0.717, 1.165) is 0 Å². The van der Waals surface area contributed by atoms with E-state index in [4.69, 9.17) is 28.2 Å². The van der Waals surface area contributed by atoms with Gasteiger partial charge in [-0.2, -0.15) is 0 Å². The number of hydrogen-bond acceptors (Lipinski definition) is 6. The summed E-state index contributed by atoms with van der Waals surface area (Å²) >= 11 is 12.1. The minimum atomic E-state index is -0.391. The summed E-state index contributed by atoms with van der Waals surface area (Å²) in [5.41, 5.74) is 2.06. The molecule has 0 saturated heterocycles. The third-order valence-corrected chi connectivity index (χ3v) is 7.04. The normalized spacial score (nSPS) is 15.6. The number of carbonyl (C=O) groups is 2. The van der Waals surface area contributed by atoms with Crippen molar-refractivity contribution in [1.82, 2.24) is 19.8 Å². The largest absolute Gasteiger partial charge is 0.394 e. The fraction of sp³-hybridized carbons (Fsp3) is 0.308. The van der Waals surface area contributed by atoms with Gasteiger partial charge in [0.2, 0.25) is 5.95 Å². The Morgan fingerprint density at radius 2 is 1.81 bits per heavy atom. The van der Waals surface area contributed by atoms with Gasteiger partial charge in [0.05, 0.1) is 34.6 Å². The Balaban J connectivity index is 1.76. The van der Waals surface area contributed by atoms with Gasteiger partial charge in [-0.3, -0.25) is 14.4 Å². The average molecular weight is 544 g/mol. The van der Waals surface area contributed by atoms with Gasteiger partial charge in [0, 0.05) is 35.8 Å². The van der Waals surface area contributed by atoms with Crippen molar-refractivity contribution in [1.29, 1.82) is 0 Å². The number of nitrogens with one attached hydrogen (secondary N) is 2. The summed E-state index contributed by atoms with van der Waals surface area (Å²) in [6.07, 6.45) is 0.306. The monoisotopic (exact) mass is 543 g/mol. The van der Waals surface area contributed by atoms with Crippen LogP contribution < -0.4 is 16.2 Å². The highest BCUT2D eigenvalue weighted by atomic mass is 35.5. The molecule has 0 fully saturated rings. The number of aromatic nitrogens is 2. The van der Waals surface area contributed by atoms with Crippen LogP contribution in [0.5, 0.6) is 0 Å². The Bertz CT molecular complexity index is 1410. The fourth-order valence-corrected chi connectivity index (χ4v) is 4.53. The second-order valence-electron chi connectivity index (χ2n) is 8.97. The van der Waals surface area contributed by atoms with Crippen molar-refractivity contribution in [3.63, 3.8) is 0 Å². The van der Waals surface area contributed by atoms with Crippen LogP contribution >= 0.6 is 23.2 Å². The molecule has 0 bridgehead atoms. The number of aliphatic hydroxyl groups is 1. The molecule has 4 rings (SSSR count). The Kier molecular flexibility index (Phi) is 7.87. The van der Waals surface area contributed by atoms with Crippen LogP contribution in [0.4, 0.5) is 5.95 Å². The Morgan fingerprint density at radius 3 is 2.43 bits per heavy atom. The van der Waals surface area contributed by atoms with Gasteiger partial charge in [-0.1, -0.05) is 23.2 Å². The van der Waals surface area contributed by atoms with Crippen LogP contribution in [0.1, 0.15) is 45.8 Å². The summed E-state index contributed by atoms with van der Waals surface area (Å²) in [5, 5.41) is 15.9. The summed E-state index contributed by atoms with van der Waals surface area (Å²) in [6.45, 7) is 3.58. The Morgan fingerprint density at radius 1 is 1.14 bits per heavy atom. The summed E-state index contributed by atoms with van der Waals surface area (Å²) in [6, 6.07) is 10.6. The van der Waals surface area contributed by atoms with Crippen LogP contribution in [-0.4, -0.2) is 57.1 Å². The highest BCUT2D eigenvalue weighted by Gasteiger charge is 2.32. The second kappa shape index (κ2) is 10.9. The van der Waals surface area contributed by atoms with Crippen molar-refractivity contribution >= 4 is 41.0 Å². The molecule has 2 aromatic carbocycles. The maximum atomic E-state index is 13.8. The summed E-state index contributed by atoms with van der Waals surface area (Å²) in [4.78, 5) is 45.4. The van der Waals surface area contributed by atoms with E-state index in [0.29, 0.717) is 39.5 Å². The van der Waals surface area contributed by atoms with Gasteiger partial charge in [-0.25, -0.2) is 9.55 Å². The van der Waals surface area contributed by atoms with Gasteiger partial charge >= 0.3 is 0 Å². The fourth-order valence-electron chi connectivity index (χ4n) is 4.23. The van der Waals surface area contributed by atoms with Gasteiger partial charge in [0.25, 0.3) is 17.4 Å². The van der Waals surface area contributed by atoms with Crippen molar-refractivity contribution < 1.29 is 14.7 Å². The SMILES string of the molecule is CNC(=O)c1ccc(-n2c(N[C@@H](C)CO)nc3c(c2=O)C[C@@H](C)N(C(=O)c2ccc(Cl)c(Cl)c2)C3)cc1. The first kappa shape index (κ1) is 26.7. The van der Waals surface area contributed by atoms with Crippen LogP contribution in [0.15, 0.2) is 47.3 Å². The smallest absolute Gasteiger partial charge is 0.263 e. The summed E-state index contributed by atoms with van der Waals surface area (Å²) in [5.74, 6) is -0.254. The molecular formula is C26H27Cl2N5O4. The number of rotatable bonds is 6. The van der Waals surface area contributed by atoms with E-state index < -0.39 is 6.04 Å². The molecule has 0 unspecified atom stereocenters. The molecule has 0 saturated carbocycles. The molecule has 2 amide bonds. The Hall–Kier alpha value is -3.40. The molecule has 9 nitrogen and oxygen atoms in total. The lowest BCUT2D eigenvalue weighted by Crippen LogP contribution is -2.46. The average Bonchev–Trinajstić information content (AvgIpc) is 2.89. The van der Waals surface area contributed by atoms with Gasteiger partial charge in [0.1, 0.15) is 0 Å². The van der Waals surface area contributed by atoms with E-state index in [1.807, 2.05) is 6.92 Å². The van der Waals surface area contributed by atoms with E-state index in [-0.39, 0.29) is 47.5 Å². The predicted octanol–water partition coefficient (Wildman–Crippen LogP) is 3.28. The first-order valence-corrected chi connectivity index (χ1v) is 12.5. The third-order valence-electron chi connectivity index (χ3n) is 6.31. The third kappa shape index (κ3) is 5.34. The lowest BCUT2D eigenvalue weighted by Gasteiger charge is -2.35. The van der Waals surface area contributed by atoms with Gasteiger partial charge in [-0.15, -0.1) is 0 Å². The minimum absolute atomic E-state index is 0.128. The van der Waals surface area contributed by atoms with Gasteiger partial charge in [-0.05, 0) is 62.7 Å². The van der Waals surface area contributed by atoms with Crippen LogP contribution in [0.25, 0.3) is 5.69 Å². The first-order valence-electron chi connectivity index (χ1n) is 11.7. The van der Waals surface area contributed by atoms with Crippen molar-refractivity contribution in [2.75, 3.05) is 19.0 Å². The summed E-state index contributed by atoms with van der Waals surface area (Å²) < 4.78 is 1.43. The number of benzene rings is 2. The molecule has 1 aromatic heterocycles. The molecule has 11 heteroatoms. The van der Waals surface area contributed by atoms with Crippen molar-refractivity contribution in [2.45, 2.75) is 38.9 Å². The van der Waals surface area contributed by atoms with E-state index in [1.54, 1.807) is 55.3 Å². The number of nitrogens with zero attached hydrogens (tertiary/aromatic N) is 3. The van der Waals surface area contributed by atoms with Crippen molar-refractivity contribution in [3.05, 3.63) is 85.2 Å². The molecule has 1 aliphatic rings. The molecule has 3 N–H and O–H groups in total. The van der Waals surface area contributed by atoms with Crippen molar-refractivity contribution in [2.24, 2.45) is 0 Å². The molecule has 0 aliphatic carbocycles. The number of fused-ring (bicyclic) bond motifs is 1. The molecule has 2 heterocycles. The number of aliphatic hydroxyl groups excluding tert-OH is 1. The van der Waals surface area contributed by atoms with E-state index in [1.165, 1.54) is 10.6 Å². The zero-order chi connectivity index (χ0) is 26.9. The number of hydrogen-bond donors (Lipinski definition) is 3. The molecule has 2 atom stereocenters. The highest BCUT2D eigenvalue weighted by molar-refractivity contribution is 6.42. The van der Waals surface area contributed by atoms with Crippen LogP contribution in [-0.2, 0) is 13.0 Å². The van der Waals surface area contributed by atoms with Crippen LogP contribution in [0, 0.1) is 0 Å². The Labute approximate surface area is 224 Å².